The van der Waals surface area contributed by atoms with Crippen molar-refractivity contribution in [3.8, 4) is 0 Å². The van der Waals surface area contributed by atoms with Crippen LogP contribution in [0.3, 0.4) is 0 Å². The van der Waals surface area contributed by atoms with Gasteiger partial charge in [0.25, 0.3) is 0 Å². The lowest BCUT2D eigenvalue weighted by Gasteiger charge is -2.13. The lowest BCUT2D eigenvalue weighted by atomic mass is 10.0. The van der Waals surface area contributed by atoms with Crippen LogP contribution < -0.4 is 5.11 Å². The van der Waals surface area contributed by atoms with E-state index in [1.807, 2.05) is 42.5 Å². The van der Waals surface area contributed by atoms with Gasteiger partial charge in [0.15, 0.2) is 0 Å². The molecule has 0 N–H and O–H groups in total. The van der Waals surface area contributed by atoms with Gasteiger partial charge < -0.3 is 5.11 Å². The Hall–Kier alpha value is -2.87. The fourth-order valence-electron chi connectivity index (χ4n) is 2.83. The minimum absolute atomic E-state index is 0.148. The predicted octanol–water partition coefficient (Wildman–Crippen LogP) is 4.27. The fraction of sp³-hybridized carbons (Fsp3) is 0.0500. The average Bonchev–Trinajstić information content (AvgIpc) is 3.08. The summed E-state index contributed by atoms with van der Waals surface area (Å²) in [6.07, 6.45) is 6.39. The van der Waals surface area contributed by atoms with Crippen molar-refractivity contribution in [2.45, 2.75) is 6.42 Å². The van der Waals surface area contributed by atoms with Crippen molar-refractivity contribution in [2.75, 3.05) is 0 Å². The van der Waals surface area contributed by atoms with E-state index in [1.165, 1.54) is 5.39 Å². The Morgan fingerprint density at radius 3 is 2.45 bits per heavy atom. The Morgan fingerprint density at radius 1 is 0.909 bits per heavy atom. The maximum absolute atomic E-state index is 12.2. The minimum atomic E-state index is -0.148. The van der Waals surface area contributed by atoms with Gasteiger partial charge >= 0.3 is 0 Å². The Labute approximate surface area is 128 Å². The Kier molecular flexibility index (Phi) is 3.01. The normalized spacial score (nSPS) is 14.7. The van der Waals surface area contributed by atoms with E-state index in [0.29, 0.717) is 6.42 Å². The molecule has 0 unspecified atom stereocenters. The molecule has 2 heteroatoms. The molecule has 22 heavy (non-hydrogen) atoms. The Balaban J connectivity index is 1.90. The molecular formula is C20H14NO-. The summed E-state index contributed by atoms with van der Waals surface area (Å²) in [5, 5.41) is 16.7. The zero-order chi connectivity index (χ0) is 14.9. The number of hydrogen-bond donors (Lipinski definition) is 0. The van der Waals surface area contributed by atoms with Crippen LogP contribution in [0.1, 0.15) is 6.42 Å². The van der Waals surface area contributed by atoms with Gasteiger partial charge in [-0.1, -0.05) is 54.6 Å². The van der Waals surface area contributed by atoms with Gasteiger partial charge in [0.05, 0.1) is 5.69 Å². The second kappa shape index (κ2) is 5.15. The van der Waals surface area contributed by atoms with Gasteiger partial charge in [-0.2, -0.15) is 0 Å². The maximum atomic E-state index is 12.2. The fourth-order valence-corrected chi connectivity index (χ4v) is 2.83. The van der Waals surface area contributed by atoms with Crippen molar-refractivity contribution in [2.24, 2.45) is 4.99 Å². The van der Waals surface area contributed by atoms with Crippen LogP contribution in [0, 0.1) is 0 Å². The topological polar surface area (TPSA) is 35.4 Å². The summed E-state index contributed by atoms with van der Waals surface area (Å²) >= 11 is 0. The molecule has 0 spiro atoms. The first-order chi connectivity index (χ1) is 10.8. The van der Waals surface area contributed by atoms with Crippen LogP contribution in [0.15, 0.2) is 83.4 Å². The minimum Gasteiger partial charge on any atom is -0.858 e. The third-order valence-electron chi connectivity index (χ3n) is 3.99. The lowest BCUT2D eigenvalue weighted by Crippen LogP contribution is -2.18. The van der Waals surface area contributed by atoms with Gasteiger partial charge in [0.2, 0.25) is 0 Å². The summed E-state index contributed by atoms with van der Waals surface area (Å²) in [6.45, 7) is 0. The van der Waals surface area contributed by atoms with Crippen LogP contribution >= 0.6 is 0 Å². The second-order valence-corrected chi connectivity index (χ2v) is 5.44. The maximum Gasteiger partial charge on any atom is 0.0701 e. The van der Waals surface area contributed by atoms with Crippen LogP contribution in [0.2, 0.25) is 0 Å². The van der Waals surface area contributed by atoms with Crippen molar-refractivity contribution in [3.05, 3.63) is 78.4 Å². The molecule has 0 heterocycles. The molecule has 106 valence electrons. The molecule has 0 atom stereocenters. The van der Waals surface area contributed by atoms with E-state index in [4.69, 9.17) is 0 Å². The van der Waals surface area contributed by atoms with E-state index in [-0.39, 0.29) is 5.90 Å². The summed E-state index contributed by atoms with van der Waals surface area (Å²) in [4.78, 5) is 4.33. The van der Waals surface area contributed by atoms with E-state index in [2.05, 4.69) is 35.3 Å². The van der Waals surface area contributed by atoms with Gasteiger partial charge in [0.1, 0.15) is 0 Å². The summed E-state index contributed by atoms with van der Waals surface area (Å²) in [7, 11) is 0. The Bertz CT molecular complexity index is 964. The summed E-state index contributed by atoms with van der Waals surface area (Å²) in [5.74, 6) is -0.148. The molecule has 0 saturated heterocycles. The molecule has 0 amide bonds. The lowest BCUT2D eigenvalue weighted by molar-refractivity contribution is -0.213. The van der Waals surface area contributed by atoms with Crippen LogP contribution in [0.4, 0.5) is 5.69 Å². The molecule has 4 rings (SSSR count). The van der Waals surface area contributed by atoms with Gasteiger partial charge in [0, 0.05) is 5.39 Å². The summed E-state index contributed by atoms with van der Waals surface area (Å²) in [5.41, 5.74) is 1.49. The van der Waals surface area contributed by atoms with E-state index in [0.717, 1.165) is 27.4 Å². The van der Waals surface area contributed by atoms with Gasteiger partial charge in [-0.05, 0) is 52.2 Å². The van der Waals surface area contributed by atoms with Crippen molar-refractivity contribution in [1.29, 1.82) is 0 Å². The van der Waals surface area contributed by atoms with E-state index in [9.17, 15) is 5.11 Å². The molecule has 1 aliphatic carbocycles. The molecule has 0 bridgehead atoms. The van der Waals surface area contributed by atoms with Gasteiger partial charge in [-0.25, -0.2) is 0 Å². The number of aliphatic imine (C=N–C) groups is 1. The number of allylic oxidation sites excluding steroid dienone is 3. The number of fused-ring (bicyclic) bond motifs is 2. The molecular weight excluding hydrogens is 270 g/mol. The molecule has 0 fully saturated rings. The van der Waals surface area contributed by atoms with Crippen molar-refractivity contribution >= 4 is 33.1 Å². The molecule has 0 saturated carbocycles. The van der Waals surface area contributed by atoms with E-state index < -0.39 is 0 Å². The summed E-state index contributed by atoms with van der Waals surface area (Å²) < 4.78 is 0. The molecule has 3 aromatic carbocycles. The van der Waals surface area contributed by atoms with E-state index in [1.54, 1.807) is 0 Å². The number of hydrogen-bond acceptors (Lipinski definition) is 2. The SMILES string of the molecule is [O-]C(=Nc1cccc2cc3ccccc3cc12)C1=CC=CC1. The first kappa shape index (κ1) is 12.8. The predicted molar refractivity (Wildman–Crippen MR) is 90.4 cm³/mol. The van der Waals surface area contributed by atoms with Crippen molar-refractivity contribution < 1.29 is 5.11 Å². The Morgan fingerprint density at radius 2 is 1.68 bits per heavy atom. The zero-order valence-corrected chi connectivity index (χ0v) is 12.0. The van der Waals surface area contributed by atoms with Crippen LogP contribution in [-0.2, 0) is 0 Å². The van der Waals surface area contributed by atoms with Crippen LogP contribution in [0.25, 0.3) is 21.5 Å². The highest BCUT2D eigenvalue weighted by atomic mass is 16.3. The molecule has 3 aromatic rings. The summed E-state index contributed by atoms with van der Waals surface area (Å²) in [6, 6.07) is 18.4. The first-order valence-corrected chi connectivity index (χ1v) is 7.34. The zero-order valence-electron chi connectivity index (χ0n) is 12.0. The molecule has 1 aliphatic rings. The van der Waals surface area contributed by atoms with Crippen molar-refractivity contribution in [3.63, 3.8) is 0 Å². The highest BCUT2D eigenvalue weighted by molar-refractivity contribution is 6.04. The molecule has 0 aliphatic heterocycles. The highest BCUT2D eigenvalue weighted by Crippen LogP contribution is 2.30. The highest BCUT2D eigenvalue weighted by Gasteiger charge is 2.04. The molecule has 2 nitrogen and oxygen atoms in total. The third-order valence-corrected chi connectivity index (χ3v) is 3.99. The second-order valence-electron chi connectivity index (χ2n) is 5.44. The standard InChI is InChI=1S/C20H15NO/c22-20(14-6-1-2-7-14)21-19-11-5-10-17-12-15-8-3-4-9-16(15)13-18(17)19/h1-6,8-13H,7H2,(H,21,22)/p-1. The number of rotatable bonds is 2. The first-order valence-electron chi connectivity index (χ1n) is 7.34. The van der Waals surface area contributed by atoms with E-state index >= 15 is 0 Å². The number of nitrogens with zero attached hydrogens (tertiary/aromatic N) is 1. The molecule has 0 aromatic heterocycles. The van der Waals surface area contributed by atoms with Crippen LogP contribution in [-0.4, -0.2) is 5.90 Å². The largest absolute Gasteiger partial charge is 0.858 e. The van der Waals surface area contributed by atoms with Gasteiger partial charge in [-0.15, -0.1) is 0 Å². The quantitative estimate of drug-likeness (QED) is 0.393. The van der Waals surface area contributed by atoms with Gasteiger partial charge in [-0.3, -0.25) is 4.99 Å². The monoisotopic (exact) mass is 284 g/mol. The smallest absolute Gasteiger partial charge is 0.0701 e. The average molecular weight is 284 g/mol. The van der Waals surface area contributed by atoms with Crippen LogP contribution in [0.5, 0.6) is 0 Å². The molecule has 0 radical (unpaired) electrons. The number of benzene rings is 3. The van der Waals surface area contributed by atoms with Crippen molar-refractivity contribution in [1.82, 2.24) is 0 Å². The third kappa shape index (κ3) is 2.19.